The lowest BCUT2D eigenvalue weighted by atomic mass is 9.63. The number of nitrogens with zero attached hydrogens (tertiary/aromatic N) is 1. The van der Waals surface area contributed by atoms with E-state index in [0.717, 1.165) is 6.54 Å². The van der Waals surface area contributed by atoms with E-state index in [-0.39, 0.29) is 5.54 Å². The summed E-state index contributed by atoms with van der Waals surface area (Å²) in [6, 6.07) is 0. The Morgan fingerprint density at radius 1 is 1.11 bits per heavy atom. The number of nitrogens with two attached hydrogens (primary N) is 1. The molecule has 1 aliphatic rings. The zero-order valence-electron chi connectivity index (χ0n) is 13.3. The van der Waals surface area contributed by atoms with E-state index in [9.17, 15) is 0 Å². The van der Waals surface area contributed by atoms with Crippen LogP contribution in [0.1, 0.15) is 66.7 Å². The highest BCUT2D eigenvalue weighted by Gasteiger charge is 2.45. The van der Waals surface area contributed by atoms with Crippen molar-refractivity contribution in [3.8, 4) is 0 Å². The second-order valence-corrected chi connectivity index (χ2v) is 7.06. The Morgan fingerprint density at radius 2 is 1.67 bits per heavy atom. The quantitative estimate of drug-likeness (QED) is 0.784. The molecule has 2 heteroatoms. The van der Waals surface area contributed by atoms with Crippen molar-refractivity contribution in [2.24, 2.45) is 17.1 Å². The number of hydrogen-bond acceptors (Lipinski definition) is 2. The van der Waals surface area contributed by atoms with E-state index in [1.165, 1.54) is 45.2 Å². The van der Waals surface area contributed by atoms with Gasteiger partial charge in [0, 0.05) is 12.1 Å². The van der Waals surface area contributed by atoms with Gasteiger partial charge in [0.1, 0.15) is 0 Å². The van der Waals surface area contributed by atoms with E-state index in [1.807, 2.05) is 0 Å². The monoisotopic (exact) mass is 254 g/mol. The molecule has 2 N–H and O–H groups in total. The minimum atomic E-state index is 0.265. The maximum Gasteiger partial charge on any atom is 0.0357 e. The van der Waals surface area contributed by atoms with E-state index < -0.39 is 0 Å². The topological polar surface area (TPSA) is 29.3 Å². The van der Waals surface area contributed by atoms with Crippen LogP contribution < -0.4 is 5.73 Å². The van der Waals surface area contributed by atoms with Gasteiger partial charge in [-0.15, -0.1) is 0 Å². The van der Waals surface area contributed by atoms with Crippen LogP contribution in [0, 0.1) is 11.3 Å². The summed E-state index contributed by atoms with van der Waals surface area (Å²) in [5.41, 5.74) is 7.00. The normalized spacial score (nSPS) is 31.8. The van der Waals surface area contributed by atoms with Crippen LogP contribution in [0.15, 0.2) is 0 Å². The molecular formula is C16H34N2. The largest absolute Gasteiger partial charge is 0.329 e. The predicted octanol–water partition coefficient (Wildman–Crippen LogP) is 3.65. The molecule has 0 aromatic rings. The molecule has 1 aliphatic carbocycles. The van der Waals surface area contributed by atoms with Gasteiger partial charge in [0.05, 0.1) is 0 Å². The van der Waals surface area contributed by atoms with Crippen molar-refractivity contribution in [3.05, 3.63) is 0 Å². The molecule has 0 aromatic carbocycles. The van der Waals surface area contributed by atoms with Crippen LogP contribution >= 0.6 is 0 Å². The van der Waals surface area contributed by atoms with Crippen molar-refractivity contribution in [1.82, 2.24) is 4.90 Å². The molecule has 108 valence electrons. The summed E-state index contributed by atoms with van der Waals surface area (Å²) in [7, 11) is 0. The van der Waals surface area contributed by atoms with Gasteiger partial charge >= 0.3 is 0 Å². The molecule has 0 aliphatic heterocycles. The Labute approximate surface area is 114 Å². The Morgan fingerprint density at radius 3 is 2.06 bits per heavy atom. The van der Waals surface area contributed by atoms with Gasteiger partial charge in [-0.2, -0.15) is 0 Å². The molecule has 0 saturated heterocycles. The van der Waals surface area contributed by atoms with Gasteiger partial charge in [0.2, 0.25) is 0 Å². The van der Waals surface area contributed by atoms with E-state index >= 15 is 0 Å². The minimum absolute atomic E-state index is 0.265. The lowest BCUT2D eigenvalue weighted by Gasteiger charge is -2.54. The third kappa shape index (κ3) is 3.27. The summed E-state index contributed by atoms with van der Waals surface area (Å²) in [4.78, 5) is 2.70. The van der Waals surface area contributed by atoms with E-state index in [4.69, 9.17) is 5.73 Å². The van der Waals surface area contributed by atoms with Crippen LogP contribution in [-0.2, 0) is 0 Å². The SMILES string of the molecule is CCCN(CCC)C1(CN)CCC(C)(C)CC1C. The fraction of sp³-hybridized carbons (Fsp3) is 1.00. The van der Waals surface area contributed by atoms with Gasteiger partial charge in [-0.1, -0.05) is 34.6 Å². The molecule has 2 unspecified atom stereocenters. The average molecular weight is 254 g/mol. The van der Waals surface area contributed by atoms with Crippen LogP contribution in [0.5, 0.6) is 0 Å². The first-order valence-corrected chi connectivity index (χ1v) is 7.87. The van der Waals surface area contributed by atoms with Crippen molar-refractivity contribution >= 4 is 0 Å². The Bertz CT molecular complexity index is 243. The average Bonchev–Trinajstić information content (AvgIpc) is 2.29. The maximum atomic E-state index is 6.24. The highest BCUT2D eigenvalue weighted by Crippen LogP contribution is 2.46. The van der Waals surface area contributed by atoms with Crippen molar-refractivity contribution in [2.75, 3.05) is 19.6 Å². The second kappa shape index (κ2) is 6.38. The first-order chi connectivity index (χ1) is 8.41. The van der Waals surface area contributed by atoms with Gasteiger partial charge in [-0.3, -0.25) is 4.90 Å². The second-order valence-electron chi connectivity index (χ2n) is 7.06. The highest BCUT2D eigenvalue weighted by atomic mass is 15.2. The summed E-state index contributed by atoms with van der Waals surface area (Å²) in [6.45, 7) is 15.0. The van der Waals surface area contributed by atoms with E-state index in [2.05, 4.69) is 39.5 Å². The van der Waals surface area contributed by atoms with Crippen molar-refractivity contribution in [2.45, 2.75) is 72.3 Å². The molecule has 0 spiro atoms. The Hall–Kier alpha value is -0.0800. The Balaban J connectivity index is 2.89. The molecule has 1 rings (SSSR count). The summed E-state index contributed by atoms with van der Waals surface area (Å²) in [5, 5.41) is 0. The summed E-state index contributed by atoms with van der Waals surface area (Å²) in [5.74, 6) is 0.712. The van der Waals surface area contributed by atoms with Crippen LogP contribution in [0.3, 0.4) is 0 Å². The van der Waals surface area contributed by atoms with Crippen molar-refractivity contribution in [3.63, 3.8) is 0 Å². The van der Waals surface area contributed by atoms with Gasteiger partial charge in [0.25, 0.3) is 0 Å². The summed E-state index contributed by atoms with van der Waals surface area (Å²) < 4.78 is 0. The molecule has 1 saturated carbocycles. The summed E-state index contributed by atoms with van der Waals surface area (Å²) in [6.07, 6.45) is 6.37. The number of rotatable bonds is 6. The first kappa shape index (κ1) is 16.0. The third-order valence-electron chi connectivity index (χ3n) is 4.98. The fourth-order valence-corrected chi connectivity index (χ4v) is 3.92. The van der Waals surface area contributed by atoms with Gasteiger partial charge in [0.15, 0.2) is 0 Å². The van der Waals surface area contributed by atoms with Crippen molar-refractivity contribution < 1.29 is 0 Å². The molecule has 18 heavy (non-hydrogen) atoms. The molecule has 1 fully saturated rings. The molecule has 0 aromatic heterocycles. The van der Waals surface area contributed by atoms with Crippen LogP contribution in [0.4, 0.5) is 0 Å². The molecule has 2 nitrogen and oxygen atoms in total. The molecular weight excluding hydrogens is 220 g/mol. The zero-order valence-corrected chi connectivity index (χ0v) is 13.3. The first-order valence-electron chi connectivity index (χ1n) is 7.87. The van der Waals surface area contributed by atoms with Crippen LogP contribution in [-0.4, -0.2) is 30.1 Å². The van der Waals surface area contributed by atoms with Gasteiger partial charge in [-0.25, -0.2) is 0 Å². The highest BCUT2D eigenvalue weighted by molar-refractivity contribution is 5.01. The summed E-state index contributed by atoms with van der Waals surface area (Å²) >= 11 is 0. The van der Waals surface area contributed by atoms with Gasteiger partial charge in [-0.05, 0) is 56.5 Å². The van der Waals surface area contributed by atoms with Crippen molar-refractivity contribution in [1.29, 1.82) is 0 Å². The van der Waals surface area contributed by atoms with Gasteiger partial charge < -0.3 is 5.73 Å². The number of hydrogen-bond donors (Lipinski definition) is 1. The van der Waals surface area contributed by atoms with E-state index in [0.29, 0.717) is 11.3 Å². The minimum Gasteiger partial charge on any atom is -0.329 e. The maximum absolute atomic E-state index is 6.24. The molecule has 2 atom stereocenters. The van der Waals surface area contributed by atoms with E-state index in [1.54, 1.807) is 0 Å². The Kier molecular flexibility index (Phi) is 5.67. The standard InChI is InChI=1S/C16H34N2/c1-6-10-18(11-7-2)16(13-17)9-8-15(4,5)12-14(16)3/h14H,6-13,17H2,1-5H3. The third-order valence-corrected chi connectivity index (χ3v) is 4.98. The van der Waals surface area contributed by atoms with Crippen LogP contribution in [0.25, 0.3) is 0 Å². The fourth-order valence-electron chi connectivity index (χ4n) is 3.92. The lowest BCUT2D eigenvalue weighted by molar-refractivity contribution is -0.0224. The molecule has 0 radical (unpaired) electrons. The molecule has 0 heterocycles. The molecule has 0 bridgehead atoms. The smallest absolute Gasteiger partial charge is 0.0357 e. The molecule has 0 amide bonds. The van der Waals surface area contributed by atoms with Crippen LogP contribution in [0.2, 0.25) is 0 Å². The lowest BCUT2D eigenvalue weighted by Crippen LogP contribution is -2.61. The predicted molar refractivity (Wildman–Crippen MR) is 80.7 cm³/mol. The zero-order chi connectivity index (χ0) is 13.8.